The normalized spacial score (nSPS) is 10.8. The summed E-state index contributed by atoms with van der Waals surface area (Å²) >= 11 is 8.12. The summed E-state index contributed by atoms with van der Waals surface area (Å²) in [6, 6.07) is 7.61. The topological polar surface area (TPSA) is 64.7 Å². The lowest BCUT2D eigenvalue weighted by Gasteiger charge is -2.05. The second kappa shape index (κ2) is 8.01. The van der Waals surface area contributed by atoms with Crippen LogP contribution in [0.1, 0.15) is 17.7 Å². The number of rotatable bonds is 6. The molecule has 0 radical (unpaired) electrons. The Labute approximate surface area is 164 Å². The van der Waals surface area contributed by atoms with Gasteiger partial charge in [0.2, 0.25) is 5.91 Å². The number of hydrogen-bond acceptors (Lipinski definition) is 3. The Morgan fingerprint density at radius 1 is 1.24 bits per heavy atom. The lowest BCUT2D eigenvalue weighted by Crippen LogP contribution is -2.15. The van der Waals surface area contributed by atoms with Gasteiger partial charge in [0.15, 0.2) is 0 Å². The summed E-state index contributed by atoms with van der Waals surface area (Å²) in [7, 11) is 0. The second-order valence-electron chi connectivity index (χ2n) is 5.65. The highest BCUT2D eigenvalue weighted by atomic mass is 127. The summed E-state index contributed by atoms with van der Waals surface area (Å²) in [4.78, 5) is 12.1. The van der Waals surface area contributed by atoms with Gasteiger partial charge in [0.1, 0.15) is 0 Å². The van der Waals surface area contributed by atoms with E-state index in [-0.39, 0.29) is 5.91 Å². The molecule has 0 atom stereocenters. The van der Waals surface area contributed by atoms with Crippen molar-refractivity contribution in [3.05, 3.63) is 62.7 Å². The van der Waals surface area contributed by atoms with E-state index in [2.05, 4.69) is 38.1 Å². The first-order chi connectivity index (χ1) is 12.0. The zero-order valence-electron chi connectivity index (χ0n) is 13.6. The molecule has 3 aromatic rings. The summed E-state index contributed by atoms with van der Waals surface area (Å²) in [6.07, 6.45) is 5.63. The Balaban J connectivity index is 1.53. The molecule has 0 aliphatic rings. The average molecular weight is 470 g/mol. The van der Waals surface area contributed by atoms with Crippen LogP contribution in [0.4, 0.5) is 5.69 Å². The molecule has 0 aliphatic heterocycles. The molecule has 0 unspecified atom stereocenters. The number of benzene rings is 1. The molecular weight excluding hydrogens is 453 g/mol. The van der Waals surface area contributed by atoms with Crippen LogP contribution in [0, 0.1) is 10.5 Å². The molecule has 1 amide bonds. The molecule has 2 heterocycles. The Morgan fingerprint density at radius 2 is 2.00 bits per heavy atom. The van der Waals surface area contributed by atoms with Crippen molar-refractivity contribution in [3.63, 3.8) is 0 Å². The molecule has 8 heteroatoms. The van der Waals surface area contributed by atoms with Gasteiger partial charge < -0.3 is 5.32 Å². The molecule has 0 saturated heterocycles. The minimum absolute atomic E-state index is 0.0593. The minimum Gasteiger partial charge on any atom is -0.323 e. The van der Waals surface area contributed by atoms with E-state index in [0.717, 1.165) is 14.8 Å². The predicted molar refractivity (Wildman–Crippen MR) is 106 cm³/mol. The van der Waals surface area contributed by atoms with Crippen molar-refractivity contribution in [1.82, 2.24) is 19.6 Å². The second-order valence-corrected chi connectivity index (χ2v) is 7.25. The lowest BCUT2D eigenvalue weighted by molar-refractivity contribution is -0.116. The highest BCUT2D eigenvalue weighted by molar-refractivity contribution is 14.1. The highest BCUT2D eigenvalue weighted by Gasteiger charge is 2.08. The molecule has 0 spiro atoms. The van der Waals surface area contributed by atoms with Crippen LogP contribution < -0.4 is 5.32 Å². The SMILES string of the molecule is Cc1c(I)cnn1CCC(=O)Nc1cnn(Cc2ccc(Cl)cc2)c1. The third kappa shape index (κ3) is 4.82. The molecule has 1 aromatic carbocycles. The zero-order valence-corrected chi connectivity index (χ0v) is 16.5. The molecule has 0 fully saturated rings. The molecule has 0 bridgehead atoms. The summed E-state index contributed by atoms with van der Waals surface area (Å²) in [5.41, 5.74) is 2.85. The van der Waals surface area contributed by atoms with Gasteiger partial charge in [0.05, 0.1) is 34.7 Å². The molecule has 6 nitrogen and oxygen atoms in total. The summed E-state index contributed by atoms with van der Waals surface area (Å²) in [6.45, 7) is 3.17. The van der Waals surface area contributed by atoms with Crippen LogP contribution in [0.25, 0.3) is 0 Å². The Hall–Kier alpha value is -1.87. The van der Waals surface area contributed by atoms with Gasteiger partial charge in [-0.1, -0.05) is 23.7 Å². The van der Waals surface area contributed by atoms with Crippen LogP contribution >= 0.6 is 34.2 Å². The average Bonchev–Trinajstić information content (AvgIpc) is 3.15. The largest absolute Gasteiger partial charge is 0.323 e. The molecule has 0 aliphatic carbocycles. The van der Waals surface area contributed by atoms with E-state index >= 15 is 0 Å². The van der Waals surface area contributed by atoms with Gasteiger partial charge >= 0.3 is 0 Å². The van der Waals surface area contributed by atoms with Crippen molar-refractivity contribution in [2.75, 3.05) is 5.32 Å². The fourth-order valence-electron chi connectivity index (χ4n) is 2.37. The van der Waals surface area contributed by atoms with E-state index < -0.39 is 0 Å². The molecule has 25 heavy (non-hydrogen) atoms. The number of halogens is 2. The fourth-order valence-corrected chi connectivity index (χ4v) is 2.90. The number of amides is 1. The third-order valence-electron chi connectivity index (χ3n) is 3.77. The highest BCUT2D eigenvalue weighted by Crippen LogP contribution is 2.13. The molecule has 1 N–H and O–H groups in total. The Kier molecular flexibility index (Phi) is 5.74. The molecule has 3 rings (SSSR count). The first kappa shape index (κ1) is 17.9. The number of nitrogens with one attached hydrogen (secondary N) is 1. The van der Waals surface area contributed by atoms with E-state index in [9.17, 15) is 4.79 Å². The number of hydrogen-bond donors (Lipinski definition) is 1. The van der Waals surface area contributed by atoms with E-state index in [1.165, 1.54) is 0 Å². The van der Waals surface area contributed by atoms with E-state index in [1.54, 1.807) is 17.1 Å². The van der Waals surface area contributed by atoms with Crippen LogP contribution in [0.15, 0.2) is 42.9 Å². The molecule has 130 valence electrons. The quantitative estimate of drug-likeness (QED) is 0.560. The smallest absolute Gasteiger partial charge is 0.226 e. The number of anilines is 1. The minimum atomic E-state index is -0.0593. The lowest BCUT2D eigenvalue weighted by atomic mass is 10.2. The maximum Gasteiger partial charge on any atom is 0.226 e. The van der Waals surface area contributed by atoms with Crippen LogP contribution in [0.3, 0.4) is 0 Å². The summed E-state index contributed by atoms with van der Waals surface area (Å²) in [5.74, 6) is -0.0593. The van der Waals surface area contributed by atoms with Crippen molar-refractivity contribution < 1.29 is 4.79 Å². The van der Waals surface area contributed by atoms with Gasteiger partial charge in [-0.25, -0.2) is 0 Å². The van der Waals surface area contributed by atoms with Gasteiger partial charge in [-0.05, 0) is 47.2 Å². The van der Waals surface area contributed by atoms with Crippen molar-refractivity contribution in [2.24, 2.45) is 0 Å². The Bertz CT molecular complexity index is 872. The van der Waals surface area contributed by atoms with E-state index in [4.69, 9.17) is 11.6 Å². The van der Waals surface area contributed by atoms with Crippen molar-refractivity contribution in [3.8, 4) is 0 Å². The summed E-state index contributed by atoms with van der Waals surface area (Å²) < 4.78 is 4.71. The molecule has 2 aromatic heterocycles. The first-order valence-corrected chi connectivity index (χ1v) is 9.21. The van der Waals surface area contributed by atoms with Gasteiger partial charge in [0.25, 0.3) is 0 Å². The van der Waals surface area contributed by atoms with Gasteiger partial charge in [-0.2, -0.15) is 10.2 Å². The van der Waals surface area contributed by atoms with Crippen LogP contribution in [-0.4, -0.2) is 25.5 Å². The van der Waals surface area contributed by atoms with Crippen LogP contribution in [0.2, 0.25) is 5.02 Å². The van der Waals surface area contributed by atoms with Crippen LogP contribution in [-0.2, 0) is 17.9 Å². The molecular formula is C17H17ClIN5O. The zero-order chi connectivity index (χ0) is 17.8. The van der Waals surface area contributed by atoms with Gasteiger partial charge in [0, 0.05) is 23.3 Å². The number of carbonyl (C=O) groups is 1. The summed E-state index contributed by atoms with van der Waals surface area (Å²) in [5, 5.41) is 12.1. The van der Waals surface area contributed by atoms with E-state index in [0.29, 0.717) is 30.2 Å². The first-order valence-electron chi connectivity index (χ1n) is 7.76. The number of aryl methyl sites for hydroxylation is 1. The van der Waals surface area contributed by atoms with Crippen LogP contribution in [0.5, 0.6) is 0 Å². The standard InChI is InChI=1S/C17H17ClIN5O/c1-12-16(19)9-21-24(12)7-6-17(25)22-15-8-20-23(11-15)10-13-2-4-14(18)5-3-13/h2-5,8-9,11H,6-7,10H2,1H3,(H,22,25). The van der Waals surface area contributed by atoms with E-state index in [1.807, 2.05) is 42.1 Å². The van der Waals surface area contributed by atoms with Crippen molar-refractivity contribution >= 4 is 45.8 Å². The Morgan fingerprint density at radius 3 is 2.68 bits per heavy atom. The predicted octanol–water partition coefficient (Wildman–Crippen LogP) is 3.72. The van der Waals surface area contributed by atoms with Crippen molar-refractivity contribution in [1.29, 1.82) is 0 Å². The number of nitrogens with zero attached hydrogens (tertiary/aromatic N) is 4. The third-order valence-corrected chi connectivity index (χ3v) is 5.08. The van der Waals surface area contributed by atoms with Crippen molar-refractivity contribution in [2.45, 2.75) is 26.4 Å². The number of carbonyl (C=O) groups excluding carboxylic acids is 1. The maximum atomic E-state index is 12.1. The fraction of sp³-hybridized carbons (Fsp3) is 0.235. The maximum absolute atomic E-state index is 12.1. The van der Waals surface area contributed by atoms with Gasteiger partial charge in [-0.3, -0.25) is 14.2 Å². The monoisotopic (exact) mass is 469 g/mol. The number of aromatic nitrogens is 4. The van der Waals surface area contributed by atoms with Gasteiger partial charge in [-0.15, -0.1) is 0 Å². The molecule has 0 saturated carbocycles.